The van der Waals surface area contributed by atoms with Crippen LogP contribution >= 0.6 is 0 Å². The fourth-order valence-corrected chi connectivity index (χ4v) is 1.47. The minimum absolute atomic E-state index is 0.0617. The molecule has 2 rings (SSSR count). The average molecular weight is 246 g/mol. The quantitative estimate of drug-likeness (QED) is 0.899. The molecule has 1 N–H and O–H groups in total. The fraction of sp³-hybridized carbons (Fsp3) is 0.143. The van der Waals surface area contributed by atoms with E-state index in [0.717, 1.165) is 5.75 Å². The fourth-order valence-electron chi connectivity index (χ4n) is 1.47. The minimum Gasteiger partial charge on any atom is -0.504 e. The lowest BCUT2D eigenvalue weighted by Gasteiger charge is -2.09. The van der Waals surface area contributed by atoms with E-state index in [4.69, 9.17) is 14.2 Å². The van der Waals surface area contributed by atoms with Crippen molar-refractivity contribution in [3.63, 3.8) is 0 Å². The van der Waals surface area contributed by atoms with E-state index < -0.39 is 0 Å². The normalized spacial score (nSPS) is 9.89. The third-order valence-electron chi connectivity index (χ3n) is 2.45. The highest BCUT2D eigenvalue weighted by Gasteiger charge is 2.06. The molecule has 0 saturated heterocycles. The van der Waals surface area contributed by atoms with Crippen LogP contribution in [-0.2, 0) is 0 Å². The third-order valence-corrected chi connectivity index (χ3v) is 2.45. The van der Waals surface area contributed by atoms with E-state index in [1.807, 2.05) is 0 Å². The lowest BCUT2D eigenvalue weighted by Crippen LogP contribution is -1.88. The molecule has 0 unspecified atom stereocenters. The molecule has 0 saturated carbocycles. The molecular formula is C14H14O4. The van der Waals surface area contributed by atoms with Crippen molar-refractivity contribution in [2.24, 2.45) is 0 Å². The molecule has 2 aromatic carbocycles. The predicted octanol–water partition coefficient (Wildman–Crippen LogP) is 3.20. The van der Waals surface area contributed by atoms with E-state index in [1.165, 1.54) is 6.07 Å². The van der Waals surface area contributed by atoms with Gasteiger partial charge in [-0.3, -0.25) is 0 Å². The summed E-state index contributed by atoms with van der Waals surface area (Å²) >= 11 is 0. The van der Waals surface area contributed by atoms with Crippen LogP contribution in [0.2, 0.25) is 0 Å². The van der Waals surface area contributed by atoms with Crippen molar-refractivity contribution in [1.29, 1.82) is 0 Å². The molecule has 2 aromatic rings. The van der Waals surface area contributed by atoms with Gasteiger partial charge in [0.05, 0.1) is 14.2 Å². The summed E-state index contributed by atoms with van der Waals surface area (Å²) in [7, 11) is 3.16. The van der Waals surface area contributed by atoms with Gasteiger partial charge >= 0.3 is 0 Å². The number of rotatable bonds is 4. The van der Waals surface area contributed by atoms with Crippen LogP contribution in [0.25, 0.3) is 0 Å². The molecule has 4 heteroatoms. The van der Waals surface area contributed by atoms with E-state index in [0.29, 0.717) is 17.2 Å². The van der Waals surface area contributed by atoms with Crippen LogP contribution in [0.4, 0.5) is 0 Å². The summed E-state index contributed by atoms with van der Waals surface area (Å²) in [5.41, 5.74) is 0. The van der Waals surface area contributed by atoms with Gasteiger partial charge < -0.3 is 19.3 Å². The van der Waals surface area contributed by atoms with Gasteiger partial charge in [0.1, 0.15) is 17.2 Å². The number of ether oxygens (including phenoxy) is 3. The summed E-state index contributed by atoms with van der Waals surface area (Å²) in [6.07, 6.45) is 0. The van der Waals surface area contributed by atoms with E-state index in [9.17, 15) is 5.11 Å². The van der Waals surface area contributed by atoms with Crippen LogP contribution in [0.15, 0.2) is 42.5 Å². The molecule has 0 bridgehead atoms. The Hall–Kier alpha value is -2.36. The van der Waals surface area contributed by atoms with Crippen molar-refractivity contribution in [3.8, 4) is 28.7 Å². The summed E-state index contributed by atoms with van der Waals surface area (Å²) in [5, 5.41) is 9.69. The minimum atomic E-state index is 0.0617. The lowest BCUT2D eigenvalue weighted by molar-refractivity contribution is 0.390. The predicted molar refractivity (Wildman–Crippen MR) is 67.7 cm³/mol. The first-order valence-corrected chi connectivity index (χ1v) is 5.42. The second kappa shape index (κ2) is 5.31. The molecule has 0 aliphatic carbocycles. The van der Waals surface area contributed by atoms with Crippen LogP contribution in [0.1, 0.15) is 0 Å². The summed E-state index contributed by atoms with van der Waals surface area (Å²) in [6, 6.07) is 11.9. The Morgan fingerprint density at radius 2 is 1.33 bits per heavy atom. The smallest absolute Gasteiger partial charge is 0.172 e. The van der Waals surface area contributed by atoms with Gasteiger partial charge in [0, 0.05) is 6.07 Å². The number of methoxy groups -OCH3 is 2. The number of benzene rings is 2. The second-order valence-corrected chi connectivity index (χ2v) is 3.61. The maximum atomic E-state index is 9.69. The number of hydrogen-bond donors (Lipinski definition) is 1. The first-order valence-electron chi connectivity index (χ1n) is 5.42. The van der Waals surface area contributed by atoms with Crippen molar-refractivity contribution >= 4 is 0 Å². The van der Waals surface area contributed by atoms with E-state index in [1.54, 1.807) is 50.6 Å². The van der Waals surface area contributed by atoms with Crippen molar-refractivity contribution < 1.29 is 19.3 Å². The number of phenols is 1. The molecule has 0 fully saturated rings. The number of phenolic OH excluding ortho intramolecular Hbond substituents is 1. The molecule has 0 atom stereocenters. The number of aromatic hydroxyl groups is 1. The molecule has 0 aliphatic rings. The molecular weight excluding hydrogens is 232 g/mol. The van der Waals surface area contributed by atoms with E-state index >= 15 is 0 Å². The Bertz CT molecular complexity index is 520. The summed E-state index contributed by atoms with van der Waals surface area (Å²) < 4.78 is 15.7. The molecule has 0 aliphatic heterocycles. The van der Waals surface area contributed by atoms with Crippen LogP contribution in [-0.4, -0.2) is 19.3 Å². The number of hydrogen-bond acceptors (Lipinski definition) is 4. The molecule has 0 radical (unpaired) electrons. The Balaban J connectivity index is 2.21. The van der Waals surface area contributed by atoms with E-state index in [-0.39, 0.29) is 5.75 Å². The third kappa shape index (κ3) is 2.66. The van der Waals surface area contributed by atoms with E-state index in [2.05, 4.69) is 0 Å². The van der Waals surface area contributed by atoms with Crippen LogP contribution in [0, 0.1) is 0 Å². The maximum absolute atomic E-state index is 9.69. The molecule has 0 aromatic heterocycles. The maximum Gasteiger partial charge on any atom is 0.172 e. The van der Waals surface area contributed by atoms with Gasteiger partial charge in [-0.1, -0.05) is 0 Å². The SMILES string of the molecule is COc1ccc(Oc2cc(OC)ccc2O)cc1. The van der Waals surface area contributed by atoms with Crippen LogP contribution in [0.5, 0.6) is 28.7 Å². The van der Waals surface area contributed by atoms with Crippen LogP contribution in [0.3, 0.4) is 0 Å². The molecule has 4 nitrogen and oxygen atoms in total. The first kappa shape index (κ1) is 12.1. The molecule has 94 valence electrons. The van der Waals surface area contributed by atoms with Gasteiger partial charge in [-0.05, 0) is 36.4 Å². The summed E-state index contributed by atoms with van der Waals surface area (Å²) in [5.74, 6) is 2.39. The summed E-state index contributed by atoms with van der Waals surface area (Å²) in [6.45, 7) is 0. The van der Waals surface area contributed by atoms with Crippen LogP contribution < -0.4 is 14.2 Å². The average Bonchev–Trinajstić information content (AvgIpc) is 2.42. The monoisotopic (exact) mass is 246 g/mol. The van der Waals surface area contributed by atoms with Crippen molar-refractivity contribution in [1.82, 2.24) is 0 Å². The van der Waals surface area contributed by atoms with Crippen molar-refractivity contribution in [3.05, 3.63) is 42.5 Å². The Morgan fingerprint density at radius 3 is 1.94 bits per heavy atom. The highest BCUT2D eigenvalue weighted by molar-refractivity contribution is 5.47. The van der Waals surface area contributed by atoms with Gasteiger partial charge in [0.25, 0.3) is 0 Å². The first-order chi connectivity index (χ1) is 8.72. The highest BCUT2D eigenvalue weighted by Crippen LogP contribution is 2.34. The topological polar surface area (TPSA) is 47.9 Å². The van der Waals surface area contributed by atoms with Gasteiger partial charge in [0.15, 0.2) is 11.5 Å². The van der Waals surface area contributed by atoms with Gasteiger partial charge in [0.2, 0.25) is 0 Å². The zero-order chi connectivity index (χ0) is 13.0. The Labute approximate surface area is 105 Å². The van der Waals surface area contributed by atoms with Gasteiger partial charge in [-0.15, -0.1) is 0 Å². The standard InChI is InChI=1S/C14H14O4/c1-16-10-3-5-11(6-4-10)18-14-9-12(17-2)7-8-13(14)15/h3-9,15H,1-2H3. The van der Waals surface area contributed by atoms with Crippen molar-refractivity contribution in [2.45, 2.75) is 0 Å². The van der Waals surface area contributed by atoms with Crippen molar-refractivity contribution in [2.75, 3.05) is 14.2 Å². The zero-order valence-corrected chi connectivity index (χ0v) is 10.2. The molecule has 0 spiro atoms. The lowest BCUT2D eigenvalue weighted by atomic mass is 10.3. The highest BCUT2D eigenvalue weighted by atomic mass is 16.5. The van der Waals surface area contributed by atoms with Gasteiger partial charge in [-0.25, -0.2) is 0 Å². The molecule has 18 heavy (non-hydrogen) atoms. The molecule has 0 amide bonds. The summed E-state index contributed by atoms with van der Waals surface area (Å²) in [4.78, 5) is 0. The Morgan fingerprint density at radius 1 is 0.778 bits per heavy atom. The van der Waals surface area contributed by atoms with Gasteiger partial charge in [-0.2, -0.15) is 0 Å². The second-order valence-electron chi connectivity index (χ2n) is 3.61. The largest absolute Gasteiger partial charge is 0.504 e. The molecule has 0 heterocycles. The Kier molecular flexibility index (Phi) is 3.57. The zero-order valence-electron chi connectivity index (χ0n) is 10.2.